The van der Waals surface area contributed by atoms with E-state index in [4.69, 9.17) is 26.8 Å². The lowest BCUT2D eigenvalue weighted by Gasteiger charge is -2.36. The number of rotatable bonds is 5. The Kier molecular flexibility index (Phi) is 4.89. The van der Waals surface area contributed by atoms with Crippen LogP contribution in [0.2, 0.25) is 5.02 Å². The number of carbonyl (C=O) groups excluding carboxylic acids is 1. The Hall–Kier alpha value is -1.54. The molecule has 2 saturated heterocycles. The first-order chi connectivity index (χ1) is 14.0. The molecular weight excluding hydrogens is 394 g/mol. The first-order valence-electron chi connectivity index (χ1n) is 10.5. The van der Waals surface area contributed by atoms with E-state index in [-0.39, 0.29) is 5.91 Å². The number of hydrogen-bond donors (Lipinski definition) is 3. The Bertz CT molecular complexity index is 815. The number of halogens is 1. The van der Waals surface area contributed by atoms with Crippen molar-refractivity contribution in [3.05, 3.63) is 22.2 Å². The van der Waals surface area contributed by atoms with Crippen LogP contribution < -0.4 is 15.8 Å². The molecule has 29 heavy (non-hydrogen) atoms. The molecule has 1 saturated carbocycles. The van der Waals surface area contributed by atoms with E-state index in [1.54, 1.807) is 6.07 Å². The van der Waals surface area contributed by atoms with Crippen molar-refractivity contribution in [3.63, 3.8) is 0 Å². The number of likely N-dealkylation sites (tertiary alicyclic amines) is 1. The zero-order valence-electron chi connectivity index (χ0n) is 16.5. The highest BCUT2D eigenvalue weighted by atomic mass is 35.5. The standard InChI is InChI=1S/C21H28ClN3O4/c22-16-7-17(23)12-1-4-29-19(12)18(16)20(26)24-8-13-14-9-25(10-15(13)14)11-21(27)2-5-28-6-3-21/h7,13-15,27H,1-6,8-11,23H2,(H,24,26). The van der Waals surface area contributed by atoms with E-state index < -0.39 is 5.60 Å². The number of nitrogens with two attached hydrogens (primary N) is 1. The van der Waals surface area contributed by atoms with E-state index in [9.17, 15) is 9.90 Å². The molecule has 1 aromatic carbocycles. The van der Waals surface area contributed by atoms with Crippen LogP contribution in [-0.2, 0) is 11.2 Å². The molecule has 4 N–H and O–H groups in total. The van der Waals surface area contributed by atoms with Gasteiger partial charge in [0.25, 0.3) is 5.91 Å². The summed E-state index contributed by atoms with van der Waals surface area (Å²) in [5, 5.41) is 14.1. The lowest BCUT2D eigenvalue weighted by Crippen LogP contribution is -2.47. The van der Waals surface area contributed by atoms with Crippen molar-refractivity contribution in [1.82, 2.24) is 10.2 Å². The van der Waals surface area contributed by atoms with Gasteiger partial charge in [0.1, 0.15) is 11.3 Å². The summed E-state index contributed by atoms with van der Waals surface area (Å²) in [5.74, 6) is 2.05. The average molecular weight is 422 g/mol. The molecule has 158 valence electrons. The Balaban J connectivity index is 1.14. The molecule has 2 unspecified atom stereocenters. The van der Waals surface area contributed by atoms with Crippen LogP contribution in [0.15, 0.2) is 6.07 Å². The smallest absolute Gasteiger partial charge is 0.256 e. The van der Waals surface area contributed by atoms with Crippen molar-refractivity contribution >= 4 is 23.2 Å². The van der Waals surface area contributed by atoms with E-state index in [0.717, 1.165) is 25.2 Å². The maximum absolute atomic E-state index is 12.8. The predicted octanol–water partition coefficient (Wildman–Crippen LogP) is 1.31. The van der Waals surface area contributed by atoms with Crippen molar-refractivity contribution in [2.75, 3.05) is 51.7 Å². The fraction of sp³-hybridized carbons (Fsp3) is 0.667. The van der Waals surface area contributed by atoms with Gasteiger partial charge >= 0.3 is 0 Å². The van der Waals surface area contributed by atoms with Crippen LogP contribution >= 0.6 is 11.6 Å². The number of nitrogens with one attached hydrogen (secondary N) is 1. The van der Waals surface area contributed by atoms with Crippen LogP contribution in [0, 0.1) is 17.8 Å². The number of fused-ring (bicyclic) bond motifs is 2. The topological polar surface area (TPSA) is 97.1 Å². The molecule has 5 rings (SSSR count). The second-order valence-electron chi connectivity index (χ2n) is 8.96. The molecule has 3 heterocycles. The van der Waals surface area contributed by atoms with Crippen LogP contribution in [0.25, 0.3) is 0 Å². The number of aliphatic hydroxyl groups is 1. The highest BCUT2D eigenvalue weighted by Gasteiger charge is 2.56. The molecule has 1 aromatic rings. The number of carbonyl (C=O) groups is 1. The van der Waals surface area contributed by atoms with E-state index in [0.29, 0.717) is 85.4 Å². The van der Waals surface area contributed by atoms with Crippen LogP contribution in [0.1, 0.15) is 28.8 Å². The Morgan fingerprint density at radius 3 is 2.76 bits per heavy atom. The van der Waals surface area contributed by atoms with Gasteiger partial charge in [-0.15, -0.1) is 0 Å². The molecule has 2 atom stereocenters. The summed E-state index contributed by atoms with van der Waals surface area (Å²) in [6.07, 6.45) is 2.14. The lowest BCUT2D eigenvalue weighted by molar-refractivity contribution is -0.0787. The van der Waals surface area contributed by atoms with E-state index in [1.807, 2.05) is 0 Å². The van der Waals surface area contributed by atoms with Gasteiger partial charge in [0.2, 0.25) is 0 Å². The number of benzene rings is 1. The van der Waals surface area contributed by atoms with Crippen molar-refractivity contribution in [2.45, 2.75) is 24.9 Å². The van der Waals surface area contributed by atoms with Crippen molar-refractivity contribution in [2.24, 2.45) is 17.8 Å². The van der Waals surface area contributed by atoms with E-state index in [2.05, 4.69) is 10.2 Å². The quantitative estimate of drug-likeness (QED) is 0.620. The summed E-state index contributed by atoms with van der Waals surface area (Å²) in [4.78, 5) is 15.2. The second kappa shape index (κ2) is 7.30. The van der Waals surface area contributed by atoms with Crippen LogP contribution in [0.3, 0.4) is 0 Å². The maximum atomic E-state index is 12.8. The lowest BCUT2D eigenvalue weighted by atomic mass is 9.93. The average Bonchev–Trinajstić information content (AvgIpc) is 3.04. The van der Waals surface area contributed by atoms with Gasteiger partial charge in [0, 0.05) is 69.9 Å². The molecule has 0 spiro atoms. The molecule has 7 nitrogen and oxygen atoms in total. The predicted molar refractivity (Wildman–Crippen MR) is 109 cm³/mol. The SMILES string of the molecule is Nc1cc(Cl)c(C(=O)NCC2C3CN(CC4(O)CCOCC4)CC23)c2c1CCO2. The summed E-state index contributed by atoms with van der Waals surface area (Å²) >= 11 is 6.30. The Labute approximate surface area is 175 Å². The van der Waals surface area contributed by atoms with Crippen LogP contribution in [0.5, 0.6) is 5.75 Å². The summed E-state index contributed by atoms with van der Waals surface area (Å²) in [6, 6.07) is 1.65. The van der Waals surface area contributed by atoms with Crippen LogP contribution in [-0.4, -0.2) is 67.5 Å². The number of nitrogens with zero attached hydrogens (tertiary/aromatic N) is 1. The monoisotopic (exact) mass is 421 g/mol. The van der Waals surface area contributed by atoms with E-state index in [1.165, 1.54) is 0 Å². The minimum absolute atomic E-state index is 0.188. The molecule has 0 bridgehead atoms. The van der Waals surface area contributed by atoms with Gasteiger partial charge in [0.05, 0.1) is 17.2 Å². The minimum Gasteiger partial charge on any atom is -0.492 e. The summed E-state index contributed by atoms with van der Waals surface area (Å²) < 4.78 is 11.0. The van der Waals surface area contributed by atoms with Crippen molar-refractivity contribution in [3.8, 4) is 5.75 Å². The number of nitrogen functional groups attached to an aromatic ring is 1. The molecule has 8 heteroatoms. The third-order valence-corrected chi connectivity index (χ3v) is 7.38. The van der Waals surface area contributed by atoms with Gasteiger partial charge in [-0.1, -0.05) is 11.6 Å². The van der Waals surface area contributed by atoms with Gasteiger partial charge in [-0.2, -0.15) is 0 Å². The molecule has 4 aliphatic rings. The molecular formula is C21H28ClN3O4. The van der Waals surface area contributed by atoms with Gasteiger partial charge in [-0.25, -0.2) is 0 Å². The van der Waals surface area contributed by atoms with Gasteiger partial charge in [0.15, 0.2) is 0 Å². The molecule has 0 aromatic heterocycles. The second-order valence-corrected chi connectivity index (χ2v) is 9.37. The highest BCUT2D eigenvalue weighted by molar-refractivity contribution is 6.34. The maximum Gasteiger partial charge on any atom is 0.256 e. The van der Waals surface area contributed by atoms with Crippen molar-refractivity contribution < 1.29 is 19.4 Å². The number of piperidine rings is 1. The van der Waals surface area contributed by atoms with Crippen molar-refractivity contribution in [1.29, 1.82) is 0 Å². The largest absolute Gasteiger partial charge is 0.492 e. The summed E-state index contributed by atoms with van der Waals surface area (Å²) in [5.41, 5.74) is 7.26. The number of β-amino-alcohol motifs (C(OH)–C–C–N with tert-alkyl or cyclic N) is 1. The normalized spacial score (nSPS) is 29.8. The first kappa shape index (κ1) is 19.4. The molecule has 0 radical (unpaired) electrons. The molecule has 1 aliphatic carbocycles. The Morgan fingerprint density at radius 2 is 2.03 bits per heavy atom. The fourth-order valence-corrected chi connectivity index (χ4v) is 5.65. The fourth-order valence-electron chi connectivity index (χ4n) is 5.36. The molecule has 1 amide bonds. The Morgan fingerprint density at radius 1 is 1.31 bits per heavy atom. The zero-order chi connectivity index (χ0) is 20.2. The number of anilines is 1. The third-order valence-electron chi connectivity index (χ3n) is 7.08. The zero-order valence-corrected chi connectivity index (χ0v) is 17.2. The number of hydrogen-bond acceptors (Lipinski definition) is 6. The first-order valence-corrected chi connectivity index (χ1v) is 10.9. The van der Waals surface area contributed by atoms with Gasteiger partial charge in [-0.3, -0.25) is 9.69 Å². The number of amides is 1. The number of ether oxygens (including phenoxy) is 2. The van der Waals surface area contributed by atoms with Gasteiger partial charge < -0.3 is 25.6 Å². The molecule has 3 fully saturated rings. The van der Waals surface area contributed by atoms with Gasteiger partial charge in [-0.05, 0) is 23.8 Å². The summed E-state index contributed by atoms with van der Waals surface area (Å²) in [7, 11) is 0. The third kappa shape index (κ3) is 3.58. The van der Waals surface area contributed by atoms with Crippen LogP contribution in [0.4, 0.5) is 5.69 Å². The molecule has 3 aliphatic heterocycles. The summed E-state index contributed by atoms with van der Waals surface area (Å²) in [6.45, 7) is 5.19. The highest BCUT2D eigenvalue weighted by Crippen LogP contribution is 2.51. The minimum atomic E-state index is -0.606. The van der Waals surface area contributed by atoms with E-state index >= 15 is 0 Å².